The molecular weight excluding hydrogens is 472 g/mol. The van der Waals surface area contributed by atoms with Crippen LogP contribution in [0.15, 0.2) is 42.0 Å². The highest BCUT2D eigenvalue weighted by atomic mass is 19.4. The van der Waals surface area contributed by atoms with E-state index in [1.54, 1.807) is 6.08 Å². The first-order valence-electron chi connectivity index (χ1n) is 11.8. The summed E-state index contributed by atoms with van der Waals surface area (Å²) in [6.07, 6.45) is 0.772. The molecule has 35 heavy (non-hydrogen) atoms. The van der Waals surface area contributed by atoms with E-state index >= 15 is 0 Å². The number of nitrogens with one attached hydrogen (secondary N) is 1. The SMILES string of the molecule is CCC(/C=C/CCCCCCOCc1cc(C(F)(F)F)cc(C(F)(F)F)c1)=C\C(=O)NCC(C)C. The van der Waals surface area contributed by atoms with Gasteiger partial charge in [-0.2, -0.15) is 26.3 Å². The van der Waals surface area contributed by atoms with E-state index in [-0.39, 0.29) is 30.8 Å². The Labute approximate surface area is 203 Å². The van der Waals surface area contributed by atoms with E-state index in [4.69, 9.17) is 4.74 Å². The summed E-state index contributed by atoms with van der Waals surface area (Å²) in [5.74, 6) is 0.293. The molecule has 0 spiro atoms. The van der Waals surface area contributed by atoms with E-state index in [1.807, 2.05) is 32.9 Å². The molecule has 0 unspecified atom stereocenters. The predicted octanol–water partition coefficient (Wildman–Crippen LogP) is 7.86. The van der Waals surface area contributed by atoms with Crippen LogP contribution in [0.25, 0.3) is 0 Å². The Morgan fingerprint density at radius 1 is 0.971 bits per heavy atom. The van der Waals surface area contributed by atoms with Gasteiger partial charge >= 0.3 is 12.4 Å². The second kappa shape index (κ2) is 15.0. The lowest BCUT2D eigenvalue weighted by atomic mass is 10.1. The van der Waals surface area contributed by atoms with Crippen LogP contribution in [-0.4, -0.2) is 19.1 Å². The fourth-order valence-corrected chi connectivity index (χ4v) is 3.14. The molecule has 1 rings (SSSR count). The van der Waals surface area contributed by atoms with Crippen molar-refractivity contribution < 1.29 is 35.9 Å². The minimum atomic E-state index is -4.86. The topological polar surface area (TPSA) is 38.3 Å². The van der Waals surface area contributed by atoms with E-state index in [0.717, 1.165) is 37.7 Å². The molecule has 0 bridgehead atoms. The van der Waals surface area contributed by atoms with Crippen molar-refractivity contribution in [2.24, 2.45) is 5.92 Å². The van der Waals surface area contributed by atoms with Crippen LogP contribution in [0.1, 0.15) is 76.0 Å². The largest absolute Gasteiger partial charge is 0.416 e. The average Bonchev–Trinajstić information content (AvgIpc) is 2.76. The summed E-state index contributed by atoms with van der Waals surface area (Å²) < 4.78 is 82.7. The van der Waals surface area contributed by atoms with Crippen molar-refractivity contribution in [1.29, 1.82) is 0 Å². The molecule has 1 aromatic rings. The van der Waals surface area contributed by atoms with Gasteiger partial charge in [-0.1, -0.05) is 45.8 Å². The highest BCUT2D eigenvalue weighted by Gasteiger charge is 2.36. The normalized spacial score (nSPS) is 13.1. The minimum Gasteiger partial charge on any atom is -0.377 e. The summed E-state index contributed by atoms with van der Waals surface area (Å²) in [4.78, 5) is 11.9. The van der Waals surface area contributed by atoms with Crippen LogP contribution in [0.3, 0.4) is 0 Å². The molecule has 0 saturated heterocycles. The molecule has 0 fully saturated rings. The number of carbonyl (C=O) groups is 1. The van der Waals surface area contributed by atoms with E-state index < -0.39 is 23.5 Å². The summed E-state index contributed by atoms with van der Waals surface area (Å²) >= 11 is 0. The van der Waals surface area contributed by atoms with Crippen molar-refractivity contribution in [2.75, 3.05) is 13.2 Å². The predicted molar refractivity (Wildman–Crippen MR) is 125 cm³/mol. The lowest BCUT2D eigenvalue weighted by Gasteiger charge is -2.14. The number of hydrogen-bond acceptors (Lipinski definition) is 2. The van der Waals surface area contributed by atoms with Gasteiger partial charge in [0.25, 0.3) is 0 Å². The first-order valence-corrected chi connectivity index (χ1v) is 11.8. The number of carbonyl (C=O) groups excluding carboxylic acids is 1. The number of ether oxygens (including phenoxy) is 1. The maximum Gasteiger partial charge on any atom is 0.416 e. The number of halogens is 6. The maximum absolute atomic E-state index is 12.9. The Kier molecular flexibility index (Phi) is 13.1. The first kappa shape index (κ1) is 30.7. The minimum absolute atomic E-state index is 0.0973. The Bertz CT molecular complexity index is 809. The van der Waals surface area contributed by atoms with Crippen molar-refractivity contribution in [3.63, 3.8) is 0 Å². The summed E-state index contributed by atoms with van der Waals surface area (Å²) in [5.41, 5.74) is -1.88. The third-order valence-corrected chi connectivity index (χ3v) is 5.07. The second-order valence-electron chi connectivity index (χ2n) is 8.78. The molecule has 9 heteroatoms. The zero-order chi connectivity index (χ0) is 26.5. The average molecular weight is 508 g/mol. The molecule has 1 amide bonds. The Morgan fingerprint density at radius 3 is 2.11 bits per heavy atom. The van der Waals surface area contributed by atoms with E-state index in [0.29, 0.717) is 31.0 Å². The lowest BCUT2D eigenvalue weighted by Crippen LogP contribution is -2.25. The Balaban J connectivity index is 2.34. The number of unbranched alkanes of at least 4 members (excludes halogenated alkanes) is 4. The molecule has 0 aliphatic carbocycles. The molecular formula is C26H35F6NO2. The fraction of sp³-hybridized carbons (Fsp3) is 0.577. The van der Waals surface area contributed by atoms with Gasteiger partial charge in [-0.3, -0.25) is 4.79 Å². The molecule has 0 saturated carbocycles. The van der Waals surface area contributed by atoms with Gasteiger partial charge in [0.2, 0.25) is 5.91 Å². The number of alkyl halides is 6. The third-order valence-electron chi connectivity index (χ3n) is 5.07. The van der Waals surface area contributed by atoms with Gasteiger partial charge in [-0.05, 0) is 60.9 Å². The first-order chi connectivity index (χ1) is 16.3. The molecule has 0 radical (unpaired) electrons. The van der Waals surface area contributed by atoms with Gasteiger partial charge in [0.05, 0.1) is 17.7 Å². The van der Waals surface area contributed by atoms with Gasteiger partial charge in [0, 0.05) is 19.2 Å². The fourth-order valence-electron chi connectivity index (χ4n) is 3.14. The summed E-state index contributed by atoms with van der Waals surface area (Å²) in [6, 6.07) is 1.49. The van der Waals surface area contributed by atoms with Crippen LogP contribution in [0.5, 0.6) is 0 Å². The summed E-state index contributed by atoms with van der Waals surface area (Å²) in [5, 5.41) is 2.85. The van der Waals surface area contributed by atoms with Crippen molar-refractivity contribution in [3.8, 4) is 0 Å². The van der Waals surface area contributed by atoms with Crippen molar-refractivity contribution in [3.05, 3.63) is 58.7 Å². The second-order valence-corrected chi connectivity index (χ2v) is 8.78. The number of benzene rings is 1. The van der Waals surface area contributed by atoms with Crippen LogP contribution in [0, 0.1) is 5.92 Å². The van der Waals surface area contributed by atoms with Crippen LogP contribution in [-0.2, 0) is 28.5 Å². The van der Waals surface area contributed by atoms with Gasteiger partial charge in [0.1, 0.15) is 0 Å². The van der Waals surface area contributed by atoms with Crippen molar-refractivity contribution >= 4 is 5.91 Å². The van der Waals surface area contributed by atoms with E-state index in [2.05, 4.69) is 5.32 Å². The van der Waals surface area contributed by atoms with Crippen LogP contribution in [0.2, 0.25) is 0 Å². The monoisotopic (exact) mass is 507 g/mol. The number of amides is 1. The zero-order valence-corrected chi connectivity index (χ0v) is 20.5. The molecule has 3 nitrogen and oxygen atoms in total. The van der Waals surface area contributed by atoms with Crippen molar-refractivity contribution in [1.82, 2.24) is 5.32 Å². The molecule has 198 valence electrons. The Hall–Kier alpha value is -2.29. The number of rotatable bonds is 14. The summed E-state index contributed by atoms with van der Waals surface area (Å²) in [7, 11) is 0. The van der Waals surface area contributed by atoms with Gasteiger partial charge in [0.15, 0.2) is 0 Å². The molecule has 0 aliphatic heterocycles. The quantitative estimate of drug-likeness (QED) is 0.121. The molecule has 0 aromatic heterocycles. The zero-order valence-electron chi connectivity index (χ0n) is 20.5. The smallest absolute Gasteiger partial charge is 0.377 e. The Morgan fingerprint density at radius 2 is 1.57 bits per heavy atom. The maximum atomic E-state index is 12.9. The van der Waals surface area contributed by atoms with Crippen LogP contribution >= 0.6 is 0 Å². The van der Waals surface area contributed by atoms with Crippen molar-refractivity contribution in [2.45, 2.75) is 78.3 Å². The molecule has 0 heterocycles. The summed E-state index contributed by atoms with van der Waals surface area (Å²) in [6.45, 7) is 6.61. The van der Waals surface area contributed by atoms with E-state index in [9.17, 15) is 31.1 Å². The van der Waals surface area contributed by atoms with E-state index in [1.165, 1.54) is 0 Å². The molecule has 0 aliphatic rings. The van der Waals surface area contributed by atoms with Crippen LogP contribution < -0.4 is 5.32 Å². The molecule has 1 aromatic carbocycles. The number of allylic oxidation sites excluding steroid dienone is 3. The van der Waals surface area contributed by atoms with Gasteiger partial charge in [-0.15, -0.1) is 0 Å². The highest BCUT2D eigenvalue weighted by Crippen LogP contribution is 2.36. The molecule has 0 atom stereocenters. The lowest BCUT2D eigenvalue weighted by molar-refractivity contribution is -0.143. The molecule has 1 N–H and O–H groups in total. The third kappa shape index (κ3) is 13.4. The van der Waals surface area contributed by atoms with Crippen LogP contribution in [0.4, 0.5) is 26.3 Å². The number of hydrogen-bond donors (Lipinski definition) is 1. The highest BCUT2D eigenvalue weighted by molar-refractivity contribution is 5.88. The standard InChI is InChI=1S/C26H35F6NO2/c1-4-20(15-24(34)33-17-19(2)3)11-9-7-5-6-8-10-12-35-18-21-13-22(25(27,28)29)16-23(14-21)26(30,31)32/h9,11,13-16,19H,4-8,10,12,17-18H2,1-3H3,(H,33,34)/b11-9+,20-15+. The van der Waals surface area contributed by atoms with Gasteiger partial charge < -0.3 is 10.1 Å². The van der Waals surface area contributed by atoms with Gasteiger partial charge in [-0.25, -0.2) is 0 Å².